The van der Waals surface area contributed by atoms with Gasteiger partial charge in [0.15, 0.2) is 0 Å². The molecule has 0 unspecified atom stereocenters. The lowest BCUT2D eigenvalue weighted by Crippen LogP contribution is -2.31. The molecule has 1 aromatic heterocycles. The highest BCUT2D eigenvalue weighted by atomic mass is 15.1. The molecule has 1 fully saturated rings. The van der Waals surface area contributed by atoms with Crippen molar-refractivity contribution in [2.24, 2.45) is 5.92 Å². The molecule has 0 bridgehead atoms. The van der Waals surface area contributed by atoms with Gasteiger partial charge in [-0.15, -0.1) is 0 Å². The van der Waals surface area contributed by atoms with Crippen molar-refractivity contribution < 1.29 is 0 Å². The van der Waals surface area contributed by atoms with Gasteiger partial charge < -0.3 is 10.2 Å². The van der Waals surface area contributed by atoms with Crippen LogP contribution in [0.25, 0.3) is 0 Å². The third kappa shape index (κ3) is 4.07. The van der Waals surface area contributed by atoms with Crippen LogP contribution in [0.4, 0.5) is 0 Å². The first-order chi connectivity index (χ1) is 8.75. The number of rotatable bonds is 5. The number of aryl methyl sites for hydroxylation is 1. The first-order valence-corrected chi connectivity index (χ1v) is 7.04. The van der Waals surface area contributed by atoms with E-state index < -0.39 is 0 Å². The summed E-state index contributed by atoms with van der Waals surface area (Å²) < 4.78 is 0. The lowest BCUT2D eigenvalue weighted by molar-refractivity contribution is 0.211. The highest BCUT2D eigenvalue weighted by Gasteiger charge is 2.15. The van der Waals surface area contributed by atoms with Gasteiger partial charge in [0.05, 0.1) is 0 Å². The van der Waals surface area contributed by atoms with Crippen molar-refractivity contribution in [2.75, 3.05) is 26.7 Å². The third-order valence-corrected chi connectivity index (χ3v) is 4.03. The van der Waals surface area contributed by atoms with Crippen LogP contribution in [-0.2, 0) is 6.54 Å². The molecule has 1 aliphatic heterocycles. The van der Waals surface area contributed by atoms with Gasteiger partial charge in [-0.2, -0.15) is 0 Å². The summed E-state index contributed by atoms with van der Waals surface area (Å²) in [7, 11) is 2.22. The van der Waals surface area contributed by atoms with Crippen LogP contribution in [0.1, 0.15) is 30.4 Å². The summed E-state index contributed by atoms with van der Waals surface area (Å²) in [5.41, 5.74) is 2.65. The van der Waals surface area contributed by atoms with Gasteiger partial charge in [0.25, 0.3) is 0 Å². The van der Waals surface area contributed by atoms with Gasteiger partial charge in [0.2, 0.25) is 0 Å². The summed E-state index contributed by atoms with van der Waals surface area (Å²) in [5, 5.41) is 3.55. The maximum atomic E-state index is 4.18. The second kappa shape index (κ2) is 6.86. The number of likely N-dealkylation sites (tertiary alicyclic amines) is 1. The lowest BCUT2D eigenvalue weighted by atomic mass is 9.94. The van der Waals surface area contributed by atoms with Gasteiger partial charge in [-0.25, -0.2) is 0 Å². The summed E-state index contributed by atoms with van der Waals surface area (Å²) in [4.78, 5) is 6.61. The zero-order valence-corrected chi connectivity index (χ0v) is 11.7. The van der Waals surface area contributed by atoms with Crippen LogP contribution in [0.2, 0.25) is 0 Å². The normalized spacial score (nSPS) is 18.1. The van der Waals surface area contributed by atoms with E-state index >= 15 is 0 Å². The Morgan fingerprint density at radius 1 is 1.39 bits per heavy atom. The number of hydrogen-bond acceptors (Lipinski definition) is 3. The standard InChI is InChI=1S/C15H25N3/c1-13-3-7-16-11-15(13)12-17-8-4-14-5-9-18(2)10-6-14/h3,7,11,14,17H,4-6,8-10,12H2,1-2H3. The molecule has 0 amide bonds. The van der Waals surface area contributed by atoms with E-state index in [0.29, 0.717) is 0 Å². The Bertz CT molecular complexity index is 357. The molecular weight excluding hydrogens is 222 g/mol. The summed E-state index contributed by atoms with van der Waals surface area (Å²) in [6, 6.07) is 2.08. The minimum absolute atomic E-state index is 0.920. The number of aromatic nitrogens is 1. The molecule has 18 heavy (non-hydrogen) atoms. The zero-order chi connectivity index (χ0) is 12.8. The van der Waals surface area contributed by atoms with E-state index in [4.69, 9.17) is 0 Å². The molecule has 3 heteroatoms. The van der Waals surface area contributed by atoms with Gasteiger partial charge >= 0.3 is 0 Å². The van der Waals surface area contributed by atoms with Crippen LogP contribution in [0.3, 0.4) is 0 Å². The Labute approximate surface area is 111 Å². The van der Waals surface area contributed by atoms with Crippen LogP contribution in [0.15, 0.2) is 18.5 Å². The van der Waals surface area contributed by atoms with Gasteiger partial charge in [0.1, 0.15) is 0 Å². The van der Waals surface area contributed by atoms with Crippen molar-refractivity contribution in [2.45, 2.75) is 32.7 Å². The van der Waals surface area contributed by atoms with Crippen molar-refractivity contribution in [3.05, 3.63) is 29.6 Å². The van der Waals surface area contributed by atoms with E-state index in [2.05, 4.69) is 35.2 Å². The maximum absolute atomic E-state index is 4.18. The average molecular weight is 247 g/mol. The Balaban J connectivity index is 1.63. The first-order valence-electron chi connectivity index (χ1n) is 7.04. The highest BCUT2D eigenvalue weighted by molar-refractivity contribution is 5.20. The molecule has 1 aliphatic rings. The van der Waals surface area contributed by atoms with Crippen LogP contribution in [0, 0.1) is 12.8 Å². The molecule has 1 N–H and O–H groups in total. The Kier molecular flexibility index (Phi) is 5.14. The first kappa shape index (κ1) is 13.5. The zero-order valence-electron chi connectivity index (χ0n) is 11.7. The fourth-order valence-electron chi connectivity index (χ4n) is 2.56. The number of hydrogen-bond donors (Lipinski definition) is 1. The van der Waals surface area contributed by atoms with Crippen molar-refractivity contribution >= 4 is 0 Å². The molecule has 0 atom stereocenters. The van der Waals surface area contributed by atoms with Gasteiger partial charge in [-0.05, 0) is 76.0 Å². The fraction of sp³-hybridized carbons (Fsp3) is 0.667. The highest BCUT2D eigenvalue weighted by Crippen LogP contribution is 2.18. The lowest BCUT2D eigenvalue weighted by Gasteiger charge is -2.28. The molecule has 0 spiro atoms. The van der Waals surface area contributed by atoms with Gasteiger partial charge in [-0.1, -0.05) is 0 Å². The second-order valence-electron chi connectivity index (χ2n) is 5.51. The summed E-state index contributed by atoms with van der Waals surface area (Å²) in [6.45, 7) is 6.77. The molecule has 3 nitrogen and oxygen atoms in total. The predicted octanol–water partition coefficient (Wildman–Crippen LogP) is 2.21. The van der Waals surface area contributed by atoms with Crippen molar-refractivity contribution in [3.8, 4) is 0 Å². The molecule has 0 saturated carbocycles. The molecule has 0 radical (unpaired) electrons. The van der Waals surface area contributed by atoms with E-state index in [9.17, 15) is 0 Å². The minimum Gasteiger partial charge on any atom is -0.313 e. The topological polar surface area (TPSA) is 28.2 Å². The SMILES string of the molecule is Cc1ccncc1CNCCC1CCN(C)CC1. The quantitative estimate of drug-likeness (QED) is 0.809. The van der Waals surface area contributed by atoms with E-state index in [1.54, 1.807) is 0 Å². The van der Waals surface area contributed by atoms with Crippen LogP contribution >= 0.6 is 0 Å². The maximum Gasteiger partial charge on any atom is 0.0315 e. The number of nitrogens with zero attached hydrogens (tertiary/aromatic N) is 2. The summed E-state index contributed by atoms with van der Waals surface area (Å²) in [6.07, 6.45) is 7.87. The molecule has 100 valence electrons. The van der Waals surface area contributed by atoms with Crippen LogP contribution in [-0.4, -0.2) is 36.6 Å². The minimum atomic E-state index is 0.920. The fourth-order valence-corrected chi connectivity index (χ4v) is 2.56. The molecule has 2 heterocycles. The molecule has 1 aromatic rings. The summed E-state index contributed by atoms with van der Waals surface area (Å²) in [5.74, 6) is 0.920. The van der Waals surface area contributed by atoms with E-state index in [-0.39, 0.29) is 0 Å². The molecule has 1 saturated heterocycles. The van der Waals surface area contributed by atoms with Gasteiger partial charge in [0, 0.05) is 18.9 Å². The smallest absolute Gasteiger partial charge is 0.0315 e. The molecule has 0 aromatic carbocycles. The van der Waals surface area contributed by atoms with Crippen LogP contribution < -0.4 is 5.32 Å². The number of piperidine rings is 1. The van der Waals surface area contributed by atoms with Crippen molar-refractivity contribution in [1.29, 1.82) is 0 Å². The number of nitrogens with one attached hydrogen (secondary N) is 1. The molecular formula is C15H25N3. The molecule has 0 aliphatic carbocycles. The third-order valence-electron chi connectivity index (χ3n) is 4.03. The monoisotopic (exact) mass is 247 g/mol. The summed E-state index contributed by atoms with van der Waals surface area (Å²) >= 11 is 0. The van der Waals surface area contributed by atoms with Crippen molar-refractivity contribution in [1.82, 2.24) is 15.2 Å². The number of pyridine rings is 1. The largest absolute Gasteiger partial charge is 0.313 e. The second-order valence-corrected chi connectivity index (χ2v) is 5.51. The average Bonchev–Trinajstić information content (AvgIpc) is 2.39. The Morgan fingerprint density at radius 3 is 2.89 bits per heavy atom. The van der Waals surface area contributed by atoms with E-state index in [1.165, 1.54) is 43.5 Å². The predicted molar refractivity (Wildman–Crippen MR) is 75.5 cm³/mol. The molecule has 2 rings (SSSR count). The van der Waals surface area contributed by atoms with Crippen molar-refractivity contribution in [3.63, 3.8) is 0 Å². The Morgan fingerprint density at radius 2 is 2.17 bits per heavy atom. The van der Waals surface area contributed by atoms with Gasteiger partial charge in [-0.3, -0.25) is 4.98 Å². The Hall–Kier alpha value is -0.930. The van der Waals surface area contributed by atoms with E-state index in [1.807, 2.05) is 12.4 Å². The van der Waals surface area contributed by atoms with Crippen LogP contribution in [0.5, 0.6) is 0 Å². The van der Waals surface area contributed by atoms with E-state index in [0.717, 1.165) is 19.0 Å².